The Morgan fingerprint density at radius 1 is 1.06 bits per heavy atom. The van der Waals surface area contributed by atoms with Crippen molar-refractivity contribution >= 4 is 11.7 Å². The molecule has 8 nitrogen and oxygen atoms in total. The molecule has 0 unspecified atom stereocenters. The number of allylic oxidation sites excluding steroid dienone is 2. The summed E-state index contributed by atoms with van der Waals surface area (Å²) in [5, 5.41) is 30.7. The zero-order valence-corrected chi connectivity index (χ0v) is 18.5. The van der Waals surface area contributed by atoms with Gasteiger partial charge in [0.1, 0.15) is 5.75 Å². The fraction of sp³-hybridized carbons (Fsp3) is 0.200. The van der Waals surface area contributed by atoms with Crippen LogP contribution in [0.1, 0.15) is 28.3 Å². The number of hydrogen-bond donors (Lipinski definition) is 3. The van der Waals surface area contributed by atoms with Crippen LogP contribution in [0.25, 0.3) is 5.69 Å². The van der Waals surface area contributed by atoms with Crippen molar-refractivity contribution in [3.8, 4) is 11.4 Å². The normalized spacial score (nSPS) is 19.9. The summed E-state index contributed by atoms with van der Waals surface area (Å²) in [5.74, 6) is -1.29. The number of carbonyl (C=O) groups is 1. The third kappa shape index (κ3) is 4.15. The van der Waals surface area contributed by atoms with Crippen LogP contribution < -0.4 is 5.56 Å². The van der Waals surface area contributed by atoms with E-state index in [2.05, 4.69) is 15.3 Å². The number of H-pyrrole nitrogens is 1. The number of aryl methyl sites for hydroxylation is 3. The smallest absolute Gasteiger partial charge is 0.341 e. The van der Waals surface area contributed by atoms with Crippen LogP contribution in [0.4, 0.5) is 5.69 Å². The van der Waals surface area contributed by atoms with Crippen LogP contribution >= 0.6 is 0 Å². The highest BCUT2D eigenvalue weighted by Crippen LogP contribution is 2.31. The number of aromatic amines is 1. The number of carboxylic acids is 1. The summed E-state index contributed by atoms with van der Waals surface area (Å²) < 4.78 is 1.37. The number of hydrogen-bond acceptors (Lipinski definition) is 5. The molecule has 3 N–H and O–H groups in total. The third-order valence-corrected chi connectivity index (χ3v) is 5.82. The Bertz CT molecular complexity index is 1360. The molecule has 0 atom stereocenters. The van der Waals surface area contributed by atoms with E-state index in [0.717, 1.165) is 16.7 Å². The lowest BCUT2D eigenvalue weighted by Crippen LogP contribution is -2.33. The highest BCUT2D eigenvalue weighted by Gasteiger charge is 2.36. The fourth-order valence-electron chi connectivity index (χ4n) is 3.66. The molecule has 0 spiro atoms. The van der Waals surface area contributed by atoms with Gasteiger partial charge in [-0.2, -0.15) is 5.11 Å². The zero-order chi connectivity index (χ0) is 23.8. The molecule has 2 aromatic carbocycles. The van der Waals surface area contributed by atoms with Crippen LogP contribution in [0.3, 0.4) is 0 Å². The van der Waals surface area contributed by atoms with E-state index in [9.17, 15) is 19.8 Å². The van der Waals surface area contributed by atoms with E-state index < -0.39 is 17.1 Å². The van der Waals surface area contributed by atoms with Crippen molar-refractivity contribution in [3.63, 3.8) is 0 Å². The summed E-state index contributed by atoms with van der Waals surface area (Å²) in [5.41, 5.74) is 2.01. The van der Waals surface area contributed by atoms with Crippen molar-refractivity contribution in [2.24, 2.45) is 10.2 Å². The predicted molar refractivity (Wildman–Crippen MR) is 125 cm³/mol. The second-order valence-electron chi connectivity index (χ2n) is 8.16. The molecule has 1 heterocycles. The molecule has 0 fully saturated rings. The minimum atomic E-state index is -1.73. The Morgan fingerprint density at radius 3 is 2.42 bits per heavy atom. The van der Waals surface area contributed by atoms with Crippen LogP contribution in [0.5, 0.6) is 5.75 Å². The minimum absolute atomic E-state index is 0.0470. The summed E-state index contributed by atoms with van der Waals surface area (Å²) in [7, 11) is 0. The SMILES string of the molecule is Cc1ccc(-n2[nH]c(C)c(N=NC3(C(=O)O)C=CC(c4cccc(O)c4)C=C3)c2=O)cc1C. The molecule has 0 aliphatic heterocycles. The molecule has 0 radical (unpaired) electrons. The van der Waals surface area contributed by atoms with Gasteiger partial charge in [-0.05, 0) is 73.9 Å². The molecule has 1 aliphatic rings. The summed E-state index contributed by atoms with van der Waals surface area (Å²) in [4.78, 5) is 25.0. The second-order valence-corrected chi connectivity index (χ2v) is 8.16. The van der Waals surface area contributed by atoms with Gasteiger partial charge in [0.25, 0.3) is 5.56 Å². The monoisotopic (exact) mass is 444 g/mol. The Balaban J connectivity index is 1.66. The van der Waals surface area contributed by atoms with Crippen LogP contribution in [-0.2, 0) is 4.79 Å². The van der Waals surface area contributed by atoms with Gasteiger partial charge >= 0.3 is 5.97 Å². The maximum absolute atomic E-state index is 13.0. The van der Waals surface area contributed by atoms with E-state index in [0.29, 0.717) is 11.4 Å². The van der Waals surface area contributed by atoms with Crippen molar-refractivity contribution in [2.75, 3.05) is 0 Å². The molecule has 0 saturated carbocycles. The minimum Gasteiger partial charge on any atom is -0.508 e. The van der Waals surface area contributed by atoms with Crippen LogP contribution in [0.15, 0.2) is 81.8 Å². The number of aliphatic carboxylic acids is 1. The van der Waals surface area contributed by atoms with Gasteiger partial charge in [0.15, 0.2) is 5.69 Å². The lowest BCUT2D eigenvalue weighted by Gasteiger charge is -2.22. The third-order valence-electron chi connectivity index (χ3n) is 5.82. The maximum Gasteiger partial charge on any atom is 0.341 e. The number of nitrogens with zero attached hydrogens (tertiary/aromatic N) is 3. The number of azo groups is 1. The summed E-state index contributed by atoms with van der Waals surface area (Å²) in [6, 6.07) is 12.4. The Morgan fingerprint density at radius 2 is 1.79 bits per heavy atom. The van der Waals surface area contributed by atoms with Crippen LogP contribution in [0, 0.1) is 20.8 Å². The van der Waals surface area contributed by atoms with Gasteiger partial charge in [0, 0.05) is 5.92 Å². The molecule has 0 amide bonds. The van der Waals surface area contributed by atoms with Crippen molar-refractivity contribution < 1.29 is 15.0 Å². The standard InChI is InChI=1S/C25H24N4O4/c1-15-7-8-20(13-16(15)2)29-23(31)22(17(3)27-29)26-28-25(24(32)33)11-9-18(10-12-25)19-5-4-6-21(30)14-19/h4-14,18,27,30H,1-3H3,(H,32,33). The first-order valence-corrected chi connectivity index (χ1v) is 10.4. The van der Waals surface area contributed by atoms with Gasteiger partial charge in [-0.1, -0.05) is 30.4 Å². The Kier molecular flexibility index (Phi) is 5.59. The molecule has 0 saturated heterocycles. The number of nitrogens with one attached hydrogen (secondary N) is 1. The predicted octanol–water partition coefficient (Wildman–Crippen LogP) is 4.61. The first-order chi connectivity index (χ1) is 15.7. The van der Waals surface area contributed by atoms with Crippen LogP contribution in [-0.4, -0.2) is 31.5 Å². The van der Waals surface area contributed by atoms with Crippen molar-refractivity contribution in [3.05, 3.63) is 99.5 Å². The van der Waals surface area contributed by atoms with E-state index in [-0.39, 0.29) is 17.4 Å². The first-order valence-electron chi connectivity index (χ1n) is 10.4. The number of benzene rings is 2. The fourth-order valence-corrected chi connectivity index (χ4v) is 3.66. The quantitative estimate of drug-likeness (QED) is 0.393. The van der Waals surface area contributed by atoms with Gasteiger partial charge in [-0.3, -0.25) is 9.89 Å². The van der Waals surface area contributed by atoms with Crippen molar-refractivity contribution in [1.29, 1.82) is 0 Å². The molecular formula is C25H24N4O4. The molecular weight excluding hydrogens is 420 g/mol. The Labute approximate surface area is 190 Å². The first kappa shape index (κ1) is 22.0. The molecule has 0 bridgehead atoms. The molecule has 3 aromatic rings. The zero-order valence-electron chi connectivity index (χ0n) is 18.5. The molecule has 4 rings (SSSR count). The van der Waals surface area contributed by atoms with Gasteiger partial charge in [-0.15, -0.1) is 5.11 Å². The van der Waals surface area contributed by atoms with E-state index in [1.54, 1.807) is 37.3 Å². The van der Waals surface area contributed by atoms with Gasteiger partial charge in [0.05, 0.1) is 11.4 Å². The topological polar surface area (TPSA) is 120 Å². The largest absolute Gasteiger partial charge is 0.508 e. The molecule has 1 aromatic heterocycles. The van der Waals surface area contributed by atoms with E-state index in [1.807, 2.05) is 38.1 Å². The van der Waals surface area contributed by atoms with Crippen molar-refractivity contribution in [2.45, 2.75) is 32.2 Å². The lowest BCUT2D eigenvalue weighted by molar-refractivity contribution is -0.139. The average molecular weight is 444 g/mol. The summed E-state index contributed by atoms with van der Waals surface area (Å²) in [6.45, 7) is 5.64. The molecule has 33 heavy (non-hydrogen) atoms. The number of phenolic OH excluding ortho intramolecular Hbond substituents is 1. The number of phenols is 1. The number of aromatic hydroxyl groups is 1. The van der Waals surface area contributed by atoms with E-state index in [4.69, 9.17) is 0 Å². The molecule has 8 heteroatoms. The van der Waals surface area contributed by atoms with Gasteiger partial charge in [-0.25, -0.2) is 9.48 Å². The maximum atomic E-state index is 13.0. The highest BCUT2D eigenvalue weighted by molar-refractivity contribution is 5.85. The summed E-state index contributed by atoms with van der Waals surface area (Å²) in [6.07, 6.45) is 6.27. The second kappa shape index (κ2) is 8.38. The van der Waals surface area contributed by atoms with E-state index in [1.165, 1.54) is 16.8 Å². The number of carboxylic acid groups (broad SMARTS) is 1. The molecule has 168 valence electrons. The van der Waals surface area contributed by atoms with Crippen LogP contribution in [0.2, 0.25) is 0 Å². The highest BCUT2D eigenvalue weighted by atomic mass is 16.4. The van der Waals surface area contributed by atoms with Gasteiger partial charge < -0.3 is 10.2 Å². The Hall–Kier alpha value is -4.20. The number of aromatic nitrogens is 2. The summed E-state index contributed by atoms with van der Waals surface area (Å²) >= 11 is 0. The van der Waals surface area contributed by atoms with Gasteiger partial charge in [0.2, 0.25) is 5.54 Å². The number of rotatable bonds is 5. The van der Waals surface area contributed by atoms with Crippen molar-refractivity contribution in [1.82, 2.24) is 9.78 Å². The lowest BCUT2D eigenvalue weighted by atomic mass is 9.87. The van der Waals surface area contributed by atoms with E-state index >= 15 is 0 Å². The average Bonchev–Trinajstić information content (AvgIpc) is 3.07. The molecule has 1 aliphatic carbocycles.